The Morgan fingerprint density at radius 2 is 2.05 bits per heavy atom. The summed E-state index contributed by atoms with van der Waals surface area (Å²) in [4.78, 5) is 2.31. The quantitative estimate of drug-likeness (QED) is 0.876. The Morgan fingerprint density at radius 3 is 2.70 bits per heavy atom. The summed E-state index contributed by atoms with van der Waals surface area (Å²) in [7, 11) is 2.14. The normalized spacial score (nSPS) is 12.2. The van der Waals surface area contributed by atoms with Gasteiger partial charge in [0, 0.05) is 24.2 Å². The first-order chi connectivity index (χ1) is 9.44. The lowest BCUT2D eigenvalue weighted by Crippen LogP contribution is -2.35. The van der Waals surface area contributed by atoms with Crippen LogP contribution in [0, 0.1) is 0 Å². The number of thiophene rings is 1. The van der Waals surface area contributed by atoms with Crippen molar-refractivity contribution in [2.45, 2.75) is 45.9 Å². The number of hydrogen-bond acceptors (Lipinski definition) is 4. The lowest BCUT2D eigenvalue weighted by Gasteiger charge is -2.21. The van der Waals surface area contributed by atoms with Gasteiger partial charge in [0.1, 0.15) is 5.76 Å². The number of furan rings is 1. The number of rotatable bonds is 6. The van der Waals surface area contributed by atoms with E-state index >= 15 is 0 Å². The molecule has 0 amide bonds. The van der Waals surface area contributed by atoms with E-state index in [-0.39, 0.29) is 5.54 Å². The highest BCUT2D eigenvalue weighted by Gasteiger charge is 2.13. The lowest BCUT2D eigenvalue weighted by atomic mass is 10.1. The van der Waals surface area contributed by atoms with Crippen LogP contribution in [0.3, 0.4) is 0 Å². The predicted octanol–water partition coefficient (Wildman–Crippen LogP) is 3.86. The second-order valence-corrected chi connectivity index (χ2v) is 7.06. The molecule has 2 rings (SSSR count). The molecule has 0 fully saturated rings. The molecule has 0 atom stereocenters. The van der Waals surface area contributed by atoms with Crippen molar-refractivity contribution in [2.24, 2.45) is 0 Å². The highest BCUT2D eigenvalue weighted by Crippen LogP contribution is 2.16. The van der Waals surface area contributed by atoms with Gasteiger partial charge in [0.2, 0.25) is 0 Å². The number of hydrogen-bond donors (Lipinski definition) is 1. The van der Waals surface area contributed by atoms with E-state index in [1.165, 1.54) is 11.1 Å². The van der Waals surface area contributed by atoms with Crippen LogP contribution in [-0.4, -0.2) is 17.5 Å². The fourth-order valence-corrected chi connectivity index (χ4v) is 2.71. The Kier molecular flexibility index (Phi) is 5.02. The van der Waals surface area contributed by atoms with Gasteiger partial charge in [-0.2, -0.15) is 11.3 Å². The monoisotopic (exact) mass is 292 g/mol. The zero-order chi connectivity index (χ0) is 14.6. The first kappa shape index (κ1) is 15.3. The molecule has 20 heavy (non-hydrogen) atoms. The van der Waals surface area contributed by atoms with Crippen LogP contribution in [0.5, 0.6) is 0 Å². The molecule has 0 saturated carbocycles. The lowest BCUT2D eigenvalue weighted by molar-refractivity contribution is 0.312. The van der Waals surface area contributed by atoms with Crippen LogP contribution in [0.15, 0.2) is 33.6 Å². The summed E-state index contributed by atoms with van der Waals surface area (Å²) in [5.41, 5.74) is 2.74. The second-order valence-electron chi connectivity index (χ2n) is 6.28. The van der Waals surface area contributed by atoms with E-state index in [0.717, 1.165) is 25.4 Å². The van der Waals surface area contributed by atoms with Crippen molar-refractivity contribution in [1.29, 1.82) is 0 Å². The van der Waals surface area contributed by atoms with E-state index in [9.17, 15) is 0 Å². The fraction of sp³-hybridized carbons (Fsp3) is 0.500. The van der Waals surface area contributed by atoms with E-state index in [1.807, 2.05) is 0 Å². The topological polar surface area (TPSA) is 28.4 Å². The molecule has 3 nitrogen and oxygen atoms in total. The van der Waals surface area contributed by atoms with Gasteiger partial charge in [0.15, 0.2) is 0 Å². The van der Waals surface area contributed by atoms with Gasteiger partial charge in [-0.05, 0) is 56.3 Å². The molecule has 4 heteroatoms. The van der Waals surface area contributed by atoms with Gasteiger partial charge >= 0.3 is 0 Å². The molecule has 110 valence electrons. The van der Waals surface area contributed by atoms with E-state index in [0.29, 0.717) is 0 Å². The fourth-order valence-electron chi connectivity index (χ4n) is 2.05. The van der Waals surface area contributed by atoms with Gasteiger partial charge in [-0.15, -0.1) is 0 Å². The maximum Gasteiger partial charge on any atom is 0.122 e. The zero-order valence-corrected chi connectivity index (χ0v) is 13.6. The summed E-state index contributed by atoms with van der Waals surface area (Å²) in [6.45, 7) is 9.15. The van der Waals surface area contributed by atoms with E-state index in [4.69, 9.17) is 4.42 Å². The van der Waals surface area contributed by atoms with Crippen LogP contribution in [0.2, 0.25) is 0 Å². The van der Waals surface area contributed by atoms with Gasteiger partial charge in [0.25, 0.3) is 0 Å². The van der Waals surface area contributed by atoms with Crippen molar-refractivity contribution in [3.63, 3.8) is 0 Å². The molecule has 2 heterocycles. The molecule has 0 radical (unpaired) electrons. The molecule has 0 aliphatic heterocycles. The summed E-state index contributed by atoms with van der Waals surface area (Å²) < 4.78 is 5.61. The third-order valence-electron chi connectivity index (χ3n) is 3.09. The Morgan fingerprint density at radius 1 is 1.25 bits per heavy atom. The second kappa shape index (κ2) is 6.57. The van der Waals surface area contributed by atoms with Crippen molar-refractivity contribution in [3.05, 3.63) is 46.0 Å². The predicted molar refractivity (Wildman–Crippen MR) is 84.8 cm³/mol. The molecule has 0 aliphatic carbocycles. The maximum absolute atomic E-state index is 5.61. The minimum absolute atomic E-state index is 0.104. The minimum Gasteiger partial charge on any atom is -0.468 e. The SMILES string of the molecule is CN(Cc1ccsc1)Cc1ccoc1CNC(C)(C)C. The van der Waals surface area contributed by atoms with Gasteiger partial charge in [-0.3, -0.25) is 4.90 Å². The Balaban J connectivity index is 1.91. The van der Waals surface area contributed by atoms with Gasteiger partial charge in [-0.1, -0.05) is 0 Å². The first-order valence-corrected chi connectivity index (χ1v) is 7.88. The summed E-state index contributed by atoms with van der Waals surface area (Å²) in [5, 5.41) is 7.80. The standard InChI is InChI=1S/C16H24N2OS/c1-16(2,3)17-9-15-14(5-7-19-15)11-18(4)10-13-6-8-20-12-13/h5-8,12,17H,9-11H2,1-4H3. The molecule has 0 aromatic carbocycles. The highest BCUT2D eigenvalue weighted by molar-refractivity contribution is 7.07. The number of nitrogens with zero attached hydrogens (tertiary/aromatic N) is 1. The van der Waals surface area contributed by atoms with Crippen LogP contribution in [0.25, 0.3) is 0 Å². The summed E-state index contributed by atoms with van der Waals surface area (Å²) >= 11 is 1.75. The van der Waals surface area contributed by atoms with Crippen molar-refractivity contribution >= 4 is 11.3 Å². The van der Waals surface area contributed by atoms with Crippen LogP contribution >= 0.6 is 11.3 Å². The number of nitrogens with one attached hydrogen (secondary N) is 1. The Hall–Kier alpha value is -1.10. The molecule has 1 N–H and O–H groups in total. The Labute approximate surface area is 125 Å². The molecule has 2 aromatic heterocycles. The molecular formula is C16H24N2OS. The Bertz CT molecular complexity index is 511. The smallest absolute Gasteiger partial charge is 0.122 e. The third kappa shape index (κ3) is 4.78. The van der Waals surface area contributed by atoms with Crippen LogP contribution < -0.4 is 5.32 Å². The molecule has 0 unspecified atom stereocenters. The van der Waals surface area contributed by atoms with Crippen molar-refractivity contribution < 1.29 is 4.42 Å². The largest absolute Gasteiger partial charge is 0.468 e. The molecule has 2 aromatic rings. The summed E-state index contributed by atoms with van der Waals surface area (Å²) in [6, 6.07) is 4.25. The van der Waals surface area contributed by atoms with E-state index in [2.05, 4.69) is 60.9 Å². The summed E-state index contributed by atoms with van der Waals surface area (Å²) in [6.07, 6.45) is 1.79. The van der Waals surface area contributed by atoms with Gasteiger partial charge < -0.3 is 9.73 Å². The minimum atomic E-state index is 0.104. The molecule has 0 aliphatic rings. The molecular weight excluding hydrogens is 268 g/mol. The third-order valence-corrected chi connectivity index (χ3v) is 3.82. The van der Waals surface area contributed by atoms with Crippen LogP contribution in [0.1, 0.15) is 37.7 Å². The molecule has 0 saturated heterocycles. The maximum atomic E-state index is 5.61. The van der Waals surface area contributed by atoms with Gasteiger partial charge in [0.05, 0.1) is 12.8 Å². The van der Waals surface area contributed by atoms with E-state index < -0.39 is 0 Å². The average molecular weight is 292 g/mol. The summed E-state index contributed by atoms with van der Waals surface area (Å²) in [5.74, 6) is 1.04. The average Bonchev–Trinajstić information content (AvgIpc) is 2.97. The van der Waals surface area contributed by atoms with Crippen LogP contribution in [-0.2, 0) is 19.6 Å². The first-order valence-electron chi connectivity index (χ1n) is 6.94. The molecule has 0 bridgehead atoms. The zero-order valence-electron chi connectivity index (χ0n) is 12.8. The van der Waals surface area contributed by atoms with Crippen molar-refractivity contribution in [3.8, 4) is 0 Å². The van der Waals surface area contributed by atoms with E-state index in [1.54, 1.807) is 17.6 Å². The van der Waals surface area contributed by atoms with Gasteiger partial charge in [-0.25, -0.2) is 0 Å². The highest BCUT2D eigenvalue weighted by atomic mass is 32.1. The van der Waals surface area contributed by atoms with Crippen molar-refractivity contribution in [1.82, 2.24) is 10.2 Å². The van der Waals surface area contributed by atoms with Crippen molar-refractivity contribution in [2.75, 3.05) is 7.05 Å². The molecule has 0 spiro atoms. The van der Waals surface area contributed by atoms with Crippen LogP contribution in [0.4, 0.5) is 0 Å².